The van der Waals surface area contributed by atoms with Crippen molar-refractivity contribution >= 4 is 17.7 Å². The number of benzene rings is 3. The lowest BCUT2D eigenvalue weighted by Gasteiger charge is -2.12. The molecule has 0 unspecified atom stereocenters. The molecular weight excluding hydrogens is 360 g/mol. The monoisotopic (exact) mass is 382 g/mol. The average molecular weight is 382 g/mol. The fourth-order valence-electron chi connectivity index (χ4n) is 2.76. The quantitative estimate of drug-likeness (QED) is 0.411. The number of carbonyl (C=O) groups is 1. The number of nitrogens with one attached hydrogen (secondary N) is 1. The van der Waals surface area contributed by atoms with Gasteiger partial charge < -0.3 is 10.1 Å². The van der Waals surface area contributed by atoms with Gasteiger partial charge in [0.05, 0.1) is 5.69 Å². The third-order valence-corrected chi connectivity index (χ3v) is 4.39. The first-order chi connectivity index (χ1) is 14.1. The Hall–Kier alpha value is -3.84. The molecule has 0 spiro atoms. The highest BCUT2D eigenvalue weighted by molar-refractivity contribution is 6.10. The van der Waals surface area contributed by atoms with Gasteiger partial charge in [-0.05, 0) is 47.4 Å². The van der Waals surface area contributed by atoms with Gasteiger partial charge in [0.1, 0.15) is 17.4 Å². The Morgan fingerprint density at radius 2 is 1.62 bits per heavy atom. The molecule has 3 rings (SSSR count). The summed E-state index contributed by atoms with van der Waals surface area (Å²) in [4.78, 5) is 12.7. The van der Waals surface area contributed by atoms with E-state index in [1.165, 1.54) is 5.56 Å². The zero-order valence-corrected chi connectivity index (χ0v) is 16.4. The van der Waals surface area contributed by atoms with Gasteiger partial charge in [-0.3, -0.25) is 4.79 Å². The van der Waals surface area contributed by atoms with Crippen molar-refractivity contribution < 1.29 is 9.53 Å². The number of amides is 1. The maximum atomic E-state index is 12.7. The van der Waals surface area contributed by atoms with E-state index in [4.69, 9.17) is 4.74 Å². The summed E-state index contributed by atoms with van der Waals surface area (Å²) in [6.45, 7) is 4.24. The van der Waals surface area contributed by atoms with Crippen LogP contribution in [0.15, 0.2) is 84.4 Å². The van der Waals surface area contributed by atoms with Gasteiger partial charge in [0.2, 0.25) is 0 Å². The summed E-state index contributed by atoms with van der Waals surface area (Å²) in [5.41, 5.74) is 2.53. The van der Waals surface area contributed by atoms with E-state index in [0.717, 1.165) is 5.56 Å². The van der Waals surface area contributed by atoms with E-state index in [-0.39, 0.29) is 5.57 Å². The summed E-state index contributed by atoms with van der Waals surface area (Å²) in [6, 6.07) is 26.3. The molecule has 0 aliphatic heterocycles. The van der Waals surface area contributed by atoms with E-state index in [9.17, 15) is 10.1 Å². The average Bonchev–Trinajstić information content (AvgIpc) is 2.74. The number of nitrogens with zero attached hydrogens (tertiary/aromatic N) is 1. The first kappa shape index (κ1) is 19.9. The van der Waals surface area contributed by atoms with Crippen LogP contribution in [-0.4, -0.2) is 5.91 Å². The maximum absolute atomic E-state index is 12.7. The van der Waals surface area contributed by atoms with Crippen molar-refractivity contribution in [3.8, 4) is 17.6 Å². The van der Waals surface area contributed by atoms with Crippen molar-refractivity contribution in [2.75, 3.05) is 5.32 Å². The summed E-state index contributed by atoms with van der Waals surface area (Å²) >= 11 is 0. The number of rotatable bonds is 6. The normalized spacial score (nSPS) is 11.0. The van der Waals surface area contributed by atoms with Crippen LogP contribution in [-0.2, 0) is 4.79 Å². The zero-order chi connectivity index (χ0) is 20.6. The third kappa shape index (κ3) is 5.33. The second-order valence-corrected chi connectivity index (χ2v) is 6.86. The van der Waals surface area contributed by atoms with Crippen LogP contribution in [0.1, 0.15) is 30.9 Å². The summed E-state index contributed by atoms with van der Waals surface area (Å²) < 4.78 is 5.86. The summed E-state index contributed by atoms with van der Waals surface area (Å²) in [5.74, 6) is 1.11. The summed E-state index contributed by atoms with van der Waals surface area (Å²) in [7, 11) is 0. The molecule has 1 N–H and O–H groups in total. The molecule has 0 aliphatic rings. The highest BCUT2D eigenvalue weighted by atomic mass is 16.5. The van der Waals surface area contributed by atoms with E-state index in [1.807, 2.05) is 66.7 Å². The smallest absolute Gasteiger partial charge is 0.266 e. The number of nitriles is 1. The van der Waals surface area contributed by atoms with Crippen LogP contribution >= 0.6 is 0 Å². The number of hydrogen-bond donors (Lipinski definition) is 1. The van der Waals surface area contributed by atoms with Crippen LogP contribution in [0.3, 0.4) is 0 Å². The molecule has 0 bridgehead atoms. The molecule has 29 heavy (non-hydrogen) atoms. The van der Waals surface area contributed by atoms with Crippen LogP contribution in [0.5, 0.6) is 11.5 Å². The molecule has 144 valence electrons. The van der Waals surface area contributed by atoms with Crippen molar-refractivity contribution in [3.63, 3.8) is 0 Å². The molecule has 3 aromatic rings. The Labute approximate surface area is 171 Å². The van der Waals surface area contributed by atoms with Crippen molar-refractivity contribution in [3.05, 3.63) is 95.6 Å². The molecule has 0 saturated heterocycles. The minimum Gasteiger partial charge on any atom is -0.455 e. The largest absolute Gasteiger partial charge is 0.455 e. The molecule has 0 aliphatic carbocycles. The molecule has 0 radical (unpaired) electrons. The lowest BCUT2D eigenvalue weighted by atomic mass is 10.0. The van der Waals surface area contributed by atoms with Crippen LogP contribution < -0.4 is 10.1 Å². The van der Waals surface area contributed by atoms with Gasteiger partial charge in [-0.1, -0.05) is 68.4 Å². The predicted octanol–water partition coefficient (Wildman–Crippen LogP) is 6.15. The Kier molecular flexibility index (Phi) is 6.44. The van der Waals surface area contributed by atoms with Crippen molar-refractivity contribution in [1.82, 2.24) is 0 Å². The Balaban J connectivity index is 1.79. The predicted molar refractivity (Wildman–Crippen MR) is 116 cm³/mol. The van der Waals surface area contributed by atoms with E-state index in [0.29, 0.717) is 23.1 Å². The lowest BCUT2D eigenvalue weighted by Crippen LogP contribution is -2.14. The van der Waals surface area contributed by atoms with Crippen LogP contribution in [0.2, 0.25) is 0 Å². The molecule has 1 amide bonds. The fourth-order valence-corrected chi connectivity index (χ4v) is 2.76. The minimum absolute atomic E-state index is 0.0248. The van der Waals surface area contributed by atoms with Crippen LogP contribution in [0, 0.1) is 11.3 Å². The van der Waals surface area contributed by atoms with Crippen LogP contribution in [0.4, 0.5) is 5.69 Å². The molecule has 0 atom stereocenters. The molecule has 0 saturated carbocycles. The molecule has 0 aromatic heterocycles. The molecule has 0 fully saturated rings. The van der Waals surface area contributed by atoms with E-state index < -0.39 is 5.91 Å². The second kappa shape index (κ2) is 9.38. The lowest BCUT2D eigenvalue weighted by molar-refractivity contribution is -0.112. The number of carbonyl (C=O) groups excluding carboxylic acids is 1. The van der Waals surface area contributed by atoms with Crippen molar-refractivity contribution in [2.45, 2.75) is 19.8 Å². The van der Waals surface area contributed by atoms with Crippen LogP contribution in [0.25, 0.3) is 6.08 Å². The van der Waals surface area contributed by atoms with E-state index >= 15 is 0 Å². The second-order valence-electron chi connectivity index (χ2n) is 6.86. The zero-order valence-electron chi connectivity index (χ0n) is 16.4. The number of para-hydroxylation sites is 3. The highest BCUT2D eigenvalue weighted by Gasteiger charge is 2.13. The molecule has 4 heteroatoms. The molecular formula is C25H22N2O2. The number of anilines is 1. The SMILES string of the molecule is CC(C)c1ccc(/C=C(\C#N)C(=O)Nc2ccccc2Oc2ccccc2)cc1. The fraction of sp³-hybridized carbons (Fsp3) is 0.120. The van der Waals surface area contributed by atoms with E-state index in [1.54, 1.807) is 24.3 Å². The van der Waals surface area contributed by atoms with E-state index in [2.05, 4.69) is 19.2 Å². The maximum Gasteiger partial charge on any atom is 0.266 e. The standard InChI is InChI=1S/C25H22N2O2/c1-18(2)20-14-12-19(13-15-20)16-21(17-26)25(28)27-23-10-6-7-11-24(23)29-22-8-4-3-5-9-22/h3-16,18H,1-2H3,(H,27,28)/b21-16+. The summed E-state index contributed by atoms with van der Waals surface area (Å²) in [5, 5.41) is 12.2. The van der Waals surface area contributed by atoms with Gasteiger partial charge in [0.25, 0.3) is 5.91 Å². The van der Waals surface area contributed by atoms with Gasteiger partial charge in [0.15, 0.2) is 5.75 Å². The highest BCUT2D eigenvalue weighted by Crippen LogP contribution is 2.29. The van der Waals surface area contributed by atoms with Gasteiger partial charge in [-0.25, -0.2) is 0 Å². The van der Waals surface area contributed by atoms with Crippen molar-refractivity contribution in [1.29, 1.82) is 5.26 Å². The van der Waals surface area contributed by atoms with Gasteiger partial charge in [-0.2, -0.15) is 5.26 Å². The summed E-state index contributed by atoms with van der Waals surface area (Å²) in [6.07, 6.45) is 1.58. The first-order valence-corrected chi connectivity index (χ1v) is 9.42. The Bertz CT molecular complexity index is 1050. The topological polar surface area (TPSA) is 62.1 Å². The minimum atomic E-state index is -0.482. The Morgan fingerprint density at radius 1 is 0.966 bits per heavy atom. The van der Waals surface area contributed by atoms with Gasteiger partial charge >= 0.3 is 0 Å². The van der Waals surface area contributed by atoms with Crippen molar-refractivity contribution in [2.24, 2.45) is 0 Å². The number of hydrogen-bond acceptors (Lipinski definition) is 3. The molecule has 3 aromatic carbocycles. The van der Waals surface area contributed by atoms with Gasteiger partial charge in [-0.15, -0.1) is 0 Å². The third-order valence-electron chi connectivity index (χ3n) is 4.39. The number of ether oxygens (including phenoxy) is 1. The first-order valence-electron chi connectivity index (χ1n) is 9.42. The molecule has 0 heterocycles. The molecule has 4 nitrogen and oxygen atoms in total. The Morgan fingerprint density at radius 3 is 2.28 bits per heavy atom. The van der Waals surface area contributed by atoms with Gasteiger partial charge in [0, 0.05) is 0 Å².